The third-order valence-electron chi connectivity index (χ3n) is 10.2. The van der Waals surface area contributed by atoms with Crippen molar-refractivity contribution in [3.8, 4) is 0 Å². The number of unbranched alkanes of at least 4 members (excludes halogenated alkanes) is 4. The molecule has 1 rings (SSSR count). The molecule has 0 saturated heterocycles. The Balaban J connectivity index is 2.69. The molecular weight excluding hydrogens is 946 g/mol. The van der Waals surface area contributed by atoms with Crippen LogP contribution < -0.4 is 0 Å². The highest BCUT2D eigenvalue weighted by Gasteiger charge is 2.54. The van der Waals surface area contributed by atoms with Gasteiger partial charge in [0.2, 0.25) is 0 Å². The molecule has 5 unspecified atom stereocenters. The quantitative estimate of drug-likeness (QED) is 0.00946. The van der Waals surface area contributed by atoms with Crippen LogP contribution >= 0.6 is 15.6 Å². The monoisotopic (exact) mass is 1030 g/mol. The van der Waals surface area contributed by atoms with Crippen LogP contribution in [-0.4, -0.2) is 114 Å². The summed E-state index contributed by atoms with van der Waals surface area (Å²) in [5.74, 6) is -1.40. The van der Waals surface area contributed by atoms with Crippen molar-refractivity contribution in [1.82, 2.24) is 0 Å². The number of hydrogen-bond acceptors (Lipinski definition) is 14. The number of esters is 2. The van der Waals surface area contributed by atoms with Gasteiger partial charge in [-0.15, -0.1) is 0 Å². The number of carbonyl (C=O) groups is 2. The summed E-state index contributed by atoms with van der Waals surface area (Å²) < 4.78 is 49.2. The van der Waals surface area contributed by atoms with Gasteiger partial charge in [-0.25, -0.2) is 9.13 Å². The molecule has 0 bridgehead atoms. The van der Waals surface area contributed by atoms with Crippen molar-refractivity contribution in [2.24, 2.45) is 0 Å². The average molecular weight is 1030 g/mol. The lowest BCUT2D eigenvalue weighted by molar-refractivity contribution is -0.216. The van der Waals surface area contributed by atoms with Crippen LogP contribution in [0.4, 0.5) is 0 Å². The first kappa shape index (κ1) is 64.4. The number of phosphoric acid groups is 2. The second-order valence-electron chi connectivity index (χ2n) is 16.3. The largest absolute Gasteiger partial charge is 0.472 e. The van der Waals surface area contributed by atoms with E-state index >= 15 is 0 Å². The number of phosphoric ester groups is 2. The lowest BCUT2D eigenvalue weighted by Gasteiger charge is -2.43. The first-order chi connectivity index (χ1) is 33.5. The summed E-state index contributed by atoms with van der Waals surface area (Å²) in [5.41, 5.74) is 0. The van der Waals surface area contributed by atoms with Crippen LogP contribution in [0.2, 0.25) is 0 Å². The molecule has 396 valence electrons. The van der Waals surface area contributed by atoms with Gasteiger partial charge < -0.3 is 49.7 Å². The third-order valence-corrected chi connectivity index (χ3v) is 11.7. The van der Waals surface area contributed by atoms with Gasteiger partial charge in [-0.2, -0.15) is 0 Å². The molecule has 8 N–H and O–H groups in total. The van der Waals surface area contributed by atoms with Gasteiger partial charge in [-0.05, 0) is 83.5 Å². The molecule has 9 atom stereocenters. The fraction of sp³-hybridized carbons (Fsp3) is 0.569. The minimum Gasteiger partial charge on any atom is -0.462 e. The number of ether oxygens (including phenoxy) is 2. The maximum atomic E-state index is 13.0. The SMILES string of the molecule is CCCCC/C=C\C/C=C\C/C=C\C/C=C\C/C=C\CCC(=O)O[C@H](COC(=O)CCC/C=C\C/C=C\C/C=C\C/C=C\C=C\[C@@H](O)CC)COP(=O)(O)O[C@H]1C(O)C(O)C(O)[C@@H](OP(=O)(O)O)C1O. The molecule has 0 aromatic rings. The van der Waals surface area contributed by atoms with Gasteiger partial charge in [0.25, 0.3) is 0 Å². The number of carbonyl (C=O) groups excluding carboxylic acids is 2. The maximum absolute atomic E-state index is 13.0. The van der Waals surface area contributed by atoms with Crippen LogP contribution in [0.25, 0.3) is 0 Å². The molecule has 17 nitrogen and oxygen atoms in total. The van der Waals surface area contributed by atoms with E-state index in [4.69, 9.17) is 18.5 Å². The summed E-state index contributed by atoms with van der Waals surface area (Å²) in [6, 6.07) is 0. The predicted molar refractivity (Wildman–Crippen MR) is 270 cm³/mol. The molecule has 1 fully saturated rings. The Morgan fingerprint density at radius 2 is 1.00 bits per heavy atom. The summed E-state index contributed by atoms with van der Waals surface area (Å²) in [7, 11) is -10.7. The van der Waals surface area contributed by atoms with E-state index in [1.807, 2.05) is 67.7 Å². The van der Waals surface area contributed by atoms with E-state index in [0.29, 0.717) is 32.1 Å². The Bertz CT molecular complexity index is 1830. The smallest absolute Gasteiger partial charge is 0.462 e. The van der Waals surface area contributed by atoms with Crippen molar-refractivity contribution in [2.45, 2.75) is 172 Å². The topological polar surface area (TPSA) is 276 Å². The van der Waals surface area contributed by atoms with Gasteiger partial charge in [0.1, 0.15) is 43.2 Å². The summed E-state index contributed by atoms with van der Waals surface area (Å²) in [6.45, 7) is 2.63. The van der Waals surface area contributed by atoms with E-state index in [1.54, 1.807) is 12.2 Å². The highest BCUT2D eigenvalue weighted by Crippen LogP contribution is 2.49. The normalized spacial score (nSPS) is 22.5. The zero-order chi connectivity index (χ0) is 51.9. The molecule has 0 radical (unpaired) electrons. The Hall–Kier alpha value is -3.64. The average Bonchev–Trinajstić information content (AvgIpc) is 3.32. The van der Waals surface area contributed by atoms with Gasteiger partial charge >= 0.3 is 27.6 Å². The number of hydrogen-bond donors (Lipinski definition) is 8. The fourth-order valence-electron chi connectivity index (χ4n) is 6.29. The van der Waals surface area contributed by atoms with Gasteiger partial charge in [-0.1, -0.05) is 148 Å². The van der Waals surface area contributed by atoms with Gasteiger partial charge in [0, 0.05) is 12.8 Å². The molecule has 0 aromatic carbocycles. The fourth-order valence-corrected chi connectivity index (χ4v) is 7.83. The Kier molecular flexibility index (Phi) is 36.7. The summed E-state index contributed by atoms with van der Waals surface area (Å²) in [6.07, 6.45) is 36.9. The number of allylic oxidation sites excluding steroid dienone is 19. The summed E-state index contributed by atoms with van der Waals surface area (Å²) >= 11 is 0. The van der Waals surface area contributed by atoms with E-state index in [2.05, 4.69) is 60.1 Å². The van der Waals surface area contributed by atoms with E-state index in [9.17, 15) is 58.9 Å². The molecule has 1 saturated carbocycles. The van der Waals surface area contributed by atoms with Crippen LogP contribution in [0.3, 0.4) is 0 Å². The highest BCUT2D eigenvalue weighted by atomic mass is 31.2. The van der Waals surface area contributed by atoms with E-state index in [1.165, 1.54) is 19.3 Å². The van der Waals surface area contributed by atoms with Crippen molar-refractivity contribution >= 4 is 27.6 Å². The Labute approximate surface area is 414 Å². The molecule has 0 heterocycles. The van der Waals surface area contributed by atoms with Gasteiger partial charge in [-0.3, -0.25) is 23.2 Å². The molecule has 1 aliphatic carbocycles. The standard InChI is InChI=1S/C51H80O17P2/c1-3-5-6-7-8-9-10-11-12-13-14-15-16-21-24-27-30-33-36-39-45(54)66-43(41-65-70(62,63)68-51-48(57)46(55)47(56)50(49(51)58)67-69(59,60)61)40-64-44(53)38-35-32-29-26-23-20-18-17-19-22-25-28-31-34-37-42(52)4-2/h8-9,11-12,14-15,18-22,24,26,28-31,33-34,37,42-43,46-52,55-58H,3-7,10,13,16-17,23,25,27,32,35-36,38-41H2,1-2H3,(H,62,63)(H2,59,60,61)/b9-8-,12-11-,15-14-,20-18-,22-19-,24-21-,29-26-,31-28-,33-30-,37-34+/t42-,43+,46?,47?,48?,49?,50+,51-/m0/s1. The van der Waals surface area contributed by atoms with E-state index in [-0.39, 0.29) is 19.3 Å². The lowest BCUT2D eigenvalue weighted by Crippen LogP contribution is -2.64. The summed E-state index contributed by atoms with van der Waals surface area (Å²) in [4.78, 5) is 54.3. The zero-order valence-corrected chi connectivity index (χ0v) is 42.5. The lowest BCUT2D eigenvalue weighted by atomic mass is 9.85. The van der Waals surface area contributed by atoms with Crippen molar-refractivity contribution in [2.75, 3.05) is 13.2 Å². The van der Waals surface area contributed by atoms with Crippen molar-refractivity contribution in [3.63, 3.8) is 0 Å². The maximum Gasteiger partial charge on any atom is 0.472 e. The first-order valence-electron chi connectivity index (χ1n) is 24.2. The van der Waals surface area contributed by atoms with Gasteiger partial charge in [0.15, 0.2) is 6.10 Å². The molecule has 0 aliphatic heterocycles. The molecular formula is C51H80O17P2. The second kappa shape index (κ2) is 39.9. The Morgan fingerprint density at radius 3 is 1.50 bits per heavy atom. The zero-order valence-electron chi connectivity index (χ0n) is 40.7. The first-order valence-corrected chi connectivity index (χ1v) is 27.2. The number of aliphatic hydroxyl groups is 5. The van der Waals surface area contributed by atoms with E-state index in [0.717, 1.165) is 38.5 Å². The van der Waals surface area contributed by atoms with Crippen LogP contribution in [0.1, 0.15) is 123 Å². The number of rotatable bonds is 38. The van der Waals surface area contributed by atoms with Crippen LogP contribution in [0.5, 0.6) is 0 Å². The van der Waals surface area contributed by atoms with Crippen molar-refractivity contribution < 1.29 is 82.0 Å². The van der Waals surface area contributed by atoms with Crippen LogP contribution in [-0.2, 0) is 41.8 Å². The van der Waals surface area contributed by atoms with Crippen molar-refractivity contribution in [3.05, 3.63) is 122 Å². The van der Waals surface area contributed by atoms with Crippen LogP contribution in [0, 0.1) is 0 Å². The van der Waals surface area contributed by atoms with Crippen LogP contribution in [0.15, 0.2) is 122 Å². The number of aliphatic hydroxyl groups excluding tert-OH is 5. The third kappa shape index (κ3) is 33.9. The minimum atomic E-state index is -5.39. The van der Waals surface area contributed by atoms with E-state index < -0.39 is 89.6 Å². The molecule has 0 spiro atoms. The molecule has 0 amide bonds. The molecule has 1 aliphatic rings. The Morgan fingerprint density at radius 1 is 0.529 bits per heavy atom. The van der Waals surface area contributed by atoms with Crippen molar-refractivity contribution in [1.29, 1.82) is 0 Å². The van der Waals surface area contributed by atoms with Gasteiger partial charge in [0.05, 0.1) is 12.7 Å². The highest BCUT2D eigenvalue weighted by molar-refractivity contribution is 7.47. The molecule has 70 heavy (non-hydrogen) atoms. The summed E-state index contributed by atoms with van der Waals surface area (Å²) in [5, 5.41) is 50.7. The predicted octanol–water partition coefficient (Wildman–Crippen LogP) is 8.47. The molecule has 0 aromatic heterocycles. The molecule has 19 heteroatoms. The minimum absolute atomic E-state index is 0.00520. The second-order valence-corrected chi connectivity index (χ2v) is 18.9.